The molecule has 0 bridgehead atoms. The molecular formula is C20H17BrN4O4. The summed E-state index contributed by atoms with van der Waals surface area (Å²) in [6, 6.07) is 17.2. The van der Waals surface area contributed by atoms with Crippen LogP contribution in [0, 0.1) is 10.1 Å². The van der Waals surface area contributed by atoms with Gasteiger partial charge in [0.25, 0.3) is 5.69 Å². The van der Waals surface area contributed by atoms with Gasteiger partial charge in [0.2, 0.25) is 5.91 Å². The molecule has 1 amide bonds. The fourth-order valence-electron chi connectivity index (χ4n) is 2.51. The summed E-state index contributed by atoms with van der Waals surface area (Å²) in [5.74, 6) is 0.404. The SMILES string of the molecule is O=C(CCOc1cccc(Br)c1)N/N=C/c1cccn1-c1ccc([N+](=O)[O-])cc1. The third-order valence-electron chi connectivity index (χ3n) is 3.90. The summed E-state index contributed by atoms with van der Waals surface area (Å²) in [6.07, 6.45) is 3.47. The number of rotatable bonds is 8. The molecule has 0 aliphatic rings. The number of carbonyl (C=O) groups excluding carboxylic acids is 1. The molecule has 1 aromatic heterocycles. The molecule has 0 saturated carbocycles. The Kier molecular flexibility index (Phi) is 6.75. The Balaban J connectivity index is 1.52. The normalized spacial score (nSPS) is 10.8. The van der Waals surface area contributed by atoms with E-state index in [2.05, 4.69) is 26.5 Å². The van der Waals surface area contributed by atoms with Crippen LogP contribution in [0.1, 0.15) is 12.1 Å². The Hall–Kier alpha value is -3.46. The first kappa shape index (κ1) is 20.3. The second-order valence-corrected chi connectivity index (χ2v) is 6.84. The Bertz CT molecular complexity index is 1030. The minimum atomic E-state index is -0.447. The van der Waals surface area contributed by atoms with Crippen LogP contribution < -0.4 is 10.2 Å². The molecule has 0 aliphatic heterocycles. The highest BCUT2D eigenvalue weighted by Gasteiger charge is 2.07. The zero-order valence-electron chi connectivity index (χ0n) is 15.2. The lowest BCUT2D eigenvalue weighted by atomic mass is 10.3. The quantitative estimate of drug-likeness (QED) is 0.313. The Morgan fingerprint density at radius 1 is 1.21 bits per heavy atom. The smallest absolute Gasteiger partial charge is 0.269 e. The van der Waals surface area contributed by atoms with Crippen molar-refractivity contribution in [2.24, 2.45) is 5.10 Å². The van der Waals surface area contributed by atoms with Crippen molar-refractivity contribution in [3.8, 4) is 11.4 Å². The maximum atomic E-state index is 11.9. The highest BCUT2D eigenvalue weighted by molar-refractivity contribution is 9.10. The molecular weight excluding hydrogens is 440 g/mol. The van der Waals surface area contributed by atoms with Crippen molar-refractivity contribution in [1.82, 2.24) is 9.99 Å². The van der Waals surface area contributed by atoms with Gasteiger partial charge < -0.3 is 9.30 Å². The molecule has 0 saturated heterocycles. The molecule has 29 heavy (non-hydrogen) atoms. The van der Waals surface area contributed by atoms with Crippen LogP contribution in [0.2, 0.25) is 0 Å². The van der Waals surface area contributed by atoms with Crippen molar-refractivity contribution in [3.05, 3.63) is 87.1 Å². The molecule has 0 aliphatic carbocycles. The van der Waals surface area contributed by atoms with E-state index < -0.39 is 4.92 Å². The summed E-state index contributed by atoms with van der Waals surface area (Å²) in [4.78, 5) is 22.2. The first-order valence-electron chi connectivity index (χ1n) is 8.65. The third kappa shape index (κ3) is 5.76. The van der Waals surface area contributed by atoms with Crippen LogP contribution in [0.4, 0.5) is 5.69 Å². The summed E-state index contributed by atoms with van der Waals surface area (Å²) in [5.41, 5.74) is 3.94. The fourth-order valence-corrected chi connectivity index (χ4v) is 2.89. The lowest BCUT2D eigenvalue weighted by Crippen LogP contribution is -2.20. The second-order valence-electron chi connectivity index (χ2n) is 5.93. The molecule has 1 N–H and O–H groups in total. The maximum Gasteiger partial charge on any atom is 0.269 e. The molecule has 8 nitrogen and oxygen atoms in total. The van der Waals surface area contributed by atoms with E-state index in [1.807, 2.05) is 36.4 Å². The number of nitrogens with zero attached hydrogens (tertiary/aromatic N) is 3. The van der Waals surface area contributed by atoms with Crippen molar-refractivity contribution in [3.63, 3.8) is 0 Å². The Morgan fingerprint density at radius 2 is 2.00 bits per heavy atom. The van der Waals surface area contributed by atoms with E-state index in [-0.39, 0.29) is 24.6 Å². The van der Waals surface area contributed by atoms with E-state index in [9.17, 15) is 14.9 Å². The molecule has 0 fully saturated rings. The molecule has 0 unspecified atom stereocenters. The summed E-state index contributed by atoms with van der Waals surface area (Å²) in [7, 11) is 0. The number of non-ortho nitro benzene ring substituents is 1. The van der Waals surface area contributed by atoms with Gasteiger partial charge in [-0.05, 0) is 42.5 Å². The zero-order chi connectivity index (χ0) is 20.6. The van der Waals surface area contributed by atoms with E-state index in [4.69, 9.17) is 4.74 Å². The van der Waals surface area contributed by atoms with Crippen LogP contribution in [-0.2, 0) is 4.79 Å². The van der Waals surface area contributed by atoms with Crippen molar-refractivity contribution < 1.29 is 14.5 Å². The average Bonchev–Trinajstić information content (AvgIpc) is 3.16. The largest absolute Gasteiger partial charge is 0.493 e. The lowest BCUT2D eigenvalue weighted by Gasteiger charge is -2.06. The number of aromatic nitrogens is 1. The highest BCUT2D eigenvalue weighted by atomic mass is 79.9. The second kappa shape index (κ2) is 9.65. The van der Waals surface area contributed by atoms with Gasteiger partial charge in [0.1, 0.15) is 5.75 Å². The van der Waals surface area contributed by atoms with Crippen LogP contribution in [0.15, 0.2) is 76.4 Å². The van der Waals surface area contributed by atoms with Crippen molar-refractivity contribution >= 4 is 33.7 Å². The minimum Gasteiger partial charge on any atom is -0.493 e. The number of amides is 1. The molecule has 148 valence electrons. The number of nitro groups is 1. The maximum absolute atomic E-state index is 11.9. The molecule has 3 aromatic rings. The number of halogens is 1. The van der Waals surface area contributed by atoms with Crippen LogP contribution in [-0.4, -0.2) is 28.2 Å². The standard InChI is InChI=1S/C20H17BrN4O4/c21-15-3-1-5-19(13-15)29-12-10-20(26)23-22-14-18-4-2-11-24(18)16-6-8-17(9-7-16)25(27)28/h1-9,11,13-14H,10,12H2,(H,23,26)/b22-14+. The van der Waals surface area contributed by atoms with Gasteiger partial charge >= 0.3 is 0 Å². The van der Waals surface area contributed by atoms with Gasteiger partial charge in [-0.2, -0.15) is 5.10 Å². The van der Waals surface area contributed by atoms with E-state index >= 15 is 0 Å². The molecule has 0 spiro atoms. The highest BCUT2D eigenvalue weighted by Crippen LogP contribution is 2.18. The summed E-state index contributed by atoms with van der Waals surface area (Å²) in [6.45, 7) is 0.233. The van der Waals surface area contributed by atoms with Gasteiger partial charge in [-0.25, -0.2) is 5.43 Å². The number of hydrazone groups is 1. The van der Waals surface area contributed by atoms with Gasteiger partial charge in [-0.3, -0.25) is 14.9 Å². The number of nitrogens with one attached hydrogen (secondary N) is 1. The lowest BCUT2D eigenvalue weighted by molar-refractivity contribution is -0.384. The van der Waals surface area contributed by atoms with E-state index in [1.165, 1.54) is 18.3 Å². The van der Waals surface area contributed by atoms with Gasteiger partial charge in [-0.15, -0.1) is 0 Å². The predicted octanol–water partition coefficient (Wildman–Crippen LogP) is 4.07. The first-order valence-corrected chi connectivity index (χ1v) is 9.45. The number of nitro benzene ring substituents is 1. The number of hydrogen-bond acceptors (Lipinski definition) is 5. The number of carbonyl (C=O) groups is 1. The van der Waals surface area contributed by atoms with Crippen LogP contribution in [0.5, 0.6) is 5.75 Å². The predicted molar refractivity (Wildman–Crippen MR) is 112 cm³/mol. The van der Waals surface area contributed by atoms with Crippen LogP contribution >= 0.6 is 15.9 Å². The van der Waals surface area contributed by atoms with Crippen molar-refractivity contribution in [2.75, 3.05) is 6.61 Å². The van der Waals surface area contributed by atoms with Gasteiger partial charge in [-0.1, -0.05) is 22.0 Å². The Labute approximate surface area is 175 Å². The van der Waals surface area contributed by atoms with Gasteiger partial charge in [0.15, 0.2) is 0 Å². The number of ether oxygens (including phenoxy) is 1. The van der Waals surface area contributed by atoms with Gasteiger partial charge in [0, 0.05) is 28.5 Å². The number of hydrogen-bond donors (Lipinski definition) is 1. The molecule has 0 atom stereocenters. The summed E-state index contributed by atoms with van der Waals surface area (Å²) < 4.78 is 8.22. The first-order chi connectivity index (χ1) is 14.0. The Morgan fingerprint density at radius 3 is 2.72 bits per heavy atom. The number of benzene rings is 2. The van der Waals surface area contributed by atoms with E-state index in [0.29, 0.717) is 11.4 Å². The third-order valence-corrected chi connectivity index (χ3v) is 4.39. The van der Waals surface area contributed by atoms with Crippen molar-refractivity contribution in [1.29, 1.82) is 0 Å². The van der Waals surface area contributed by atoms with Crippen molar-refractivity contribution in [2.45, 2.75) is 6.42 Å². The molecule has 1 heterocycles. The molecule has 2 aromatic carbocycles. The van der Waals surface area contributed by atoms with Crippen LogP contribution in [0.3, 0.4) is 0 Å². The summed E-state index contributed by atoms with van der Waals surface area (Å²) >= 11 is 3.36. The zero-order valence-corrected chi connectivity index (χ0v) is 16.8. The molecule has 9 heteroatoms. The van der Waals surface area contributed by atoms with E-state index in [0.717, 1.165) is 10.2 Å². The molecule has 3 rings (SSSR count). The average molecular weight is 457 g/mol. The molecule has 0 radical (unpaired) electrons. The minimum absolute atomic E-state index is 0.0217. The fraction of sp³-hybridized carbons (Fsp3) is 0.100. The van der Waals surface area contributed by atoms with Gasteiger partial charge in [0.05, 0.1) is 29.9 Å². The topological polar surface area (TPSA) is 98.8 Å². The van der Waals surface area contributed by atoms with E-state index in [1.54, 1.807) is 22.9 Å². The summed E-state index contributed by atoms with van der Waals surface area (Å²) in [5, 5.41) is 14.7. The van der Waals surface area contributed by atoms with Crippen LogP contribution in [0.25, 0.3) is 5.69 Å². The monoisotopic (exact) mass is 456 g/mol.